The average molecular weight is 293 g/mol. The van der Waals surface area contributed by atoms with E-state index in [9.17, 15) is 13.6 Å². The van der Waals surface area contributed by atoms with E-state index < -0.39 is 5.76 Å². The third-order valence-corrected chi connectivity index (χ3v) is 3.37. The smallest absolute Gasteiger partial charge is 0.288 e. The Balaban J connectivity index is 2.02. The van der Waals surface area contributed by atoms with Crippen LogP contribution in [0.2, 0.25) is 0 Å². The van der Waals surface area contributed by atoms with Gasteiger partial charge in [0.05, 0.1) is 0 Å². The van der Waals surface area contributed by atoms with Gasteiger partial charge in [0.2, 0.25) is 0 Å². The standard InChI is InChI=1S/C15H13F2NOS/c1-10-2-4-11(5-3-10)14(19)18-12-6-8-13(9-7-12)20-15(16)17/h2-9,15H,1H3,(H,18,19). The van der Waals surface area contributed by atoms with Crippen LogP contribution in [-0.4, -0.2) is 11.7 Å². The second kappa shape index (κ2) is 6.52. The van der Waals surface area contributed by atoms with Gasteiger partial charge in [0, 0.05) is 16.1 Å². The number of benzene rings is 2. The lowest BCUT2D eigenvalue weighted by Crippen LogP contribution is -2.11. The molecule has 2 nitrogen and oxygen atoms in total. The molecular weight excluding hydrogens is 280 g/mol. The molecule has 0 radical (unpaired) electrons. The van der Waals surface area contributed by atoms with Crippen molar-refractivity contribution in [1.29, 1.82) is 0 Å². The van der Waals surface area contributed by atoms with Crippen molar-refractivity contribution in [3.63, 3.8) is 0 Å². The Hall–Kier alpha value is -1.88. The molecule has 2 aromatic carbocycles. The van der Waals surface area contributed by atoms with E-state index in [-0.39, 0.29) is 5.91 Å². The van der Waals surface area contributed by atoms with Crippen LogP contribution < -0.4 is 5.32 Å². The summed E-state index contributed by atoms with van der Waals surface area (Å²) in [6, 6.07) is 13.5. The van der Waals surface area contributed by atoms with E-state index in [1.807, 2.05) is 19.1 Å². The number of halogens is 2. The molecule has 0 heterocycles. The Morgan fingerprint density at radius 2 is 1.65 bits per heavy atom. The van der Waals surface area contributed by atoms with Crippen molar-refractivity contribution in [3.05, 3.63) is 59.7 Å². The Labute approximate surface area is 120 Å². The summed E-state index contributed by atoms with van der Waals surface area (Å²) in [6.07, 6.45) is 0. The molecule has 0 aliphatic rings. The van der Waals surface area contributed by atoms with Gasteiger partial charge in [-0.05, 0) is 43.3 Å². The number of rotatable bonds is 4. The minimum Gasteiger partial charge on any atom is -0.322 e. The first kappa shape index (κ1) is 14.5. The molecule has 0 aliphatic carbocycles. The molecule has 5 heteroatoms. The van der Waals surface area contributed by atoms with Crippen LogP contribution in [0.3, 0.4) is 0 Å². The van der Waals surface area contributed by atoms with E-state index in [1.165, 1.54) is 0 Å². The van der Waals surface area contributed by atoms with Gasteiger partial charge >= 0.3 is 0 Å². The van der Waals surface area contributed by atoms with Crippen molar-refractivity contribution < 1.29 is 13.6 Å². The highest BCUT2D eigenvalue weighted by atomic mass is 32.2. The minimum atomic E-state index is -2.44. The summed E-state index contributed by atoms with van der Waals surface area (Å²) >= 11 is 0.478. The molecular formula is C15H13F2NOS. The second-order valence-corrected chi connectivity index (χ2v) is 5.29. The van der Waals surface area contributed by atoms with Crippen LogP contribution in [-0.2, 0) is 0 Å². The van der Waals surface area contributed by atoms with E-state index in [0.717, 1.165) is 5.56 Å². The van der Waals surface area contributed by atoms with Gasteiger partial charge in [-0.1, -0.05) is 29.5 Å². The Morgan fingerprint density at radius 1 is 1.05 bits per heavy atom. The van der Waals surface area contributed by atoms with Crippen molar-refractivity contribution in [2.24, 2.45) is 0 Å². The fourth-order valence-corrected chi connectivity index (χ4v) is 2.13. The Bertz CT molecular complexity index is 582. The monoisotopic (exact) mass is 293 g/mol. The van der Waals surface area contributed by atoms with Crippen LogP contribution in [0.15, 0.2) is 53.4 Å². The SMILES string of the molecule is Cc1ccc(C(=O)Nc2ccc(SC(F)F)cc2)cc1. The summed E-state index contributed by atoms with van der Waals surface area (Å²) in [7, 11) is 0. The van der Waals surface area contributed by atoms with Crippen LogP contribution >= 0.6 is 11.8 Å². The first-order valence-electron chi connectivity index (χ1n) is 5.97. The summed E-state index contributed by atoms with van der Waals surface area (Å²) in [5, 5.41) is 2.72. The zero-order chi connectivity index (χ0) is 14.5. The highest BCUT2D eigenvalue weighted by Crippen LogP contribution is 2.26. The molecule has 0 saturated heterocycles. The van der Waals surface area contributed by atoms with Crippen LogP contribution in [0.1, 0.15) is 15.9 Å². The van der Waals surface area contributed by atoms with E-state index in [1.54, 1.807) is 36.4 Å². The number of nitrogens with one attached hydrogen (secondary N) is 1. The molecule has 0 spiro atoms. The number of hydrogen-bond acceptors (Lipinski definition) is 2. The molecule has 104 valence electrons. The predicted octanol–water partition coefficient (Wildman–Crippen LogP) is 4.56. The molecule has 0 aliphatic heterocycles. The third-order valence-electron chi connectivity index (χ3n) is 2.65. The fraction of sp³-hybridized carbons (Fsp3) is 0.133. The molecule has 1 N–H and O–H groups in total. The lowest BCUT2D eigenvalue weighted by Gasteiger charge is -2.06. The lowest BCUT2D eigenvalue weighted by molar-refractivity contribution is 0.102. The van der Waals surface area contributed by atoms with Crippen molar-refractivity contribution in [3.8, 4) is 0 Å². The number of thioether (sulfide) groups is 1. The van der Waals surface area contributed by atoms with Gasteiger partial charge < -0.3 is 5.32 Å². The van der Waals surface area contributed by atoms with Gasteiger partial charge in [0.25, 0.3) is 11.7 Å². The highest BCUT2D eigenvalue weighted by Gasteiger charge is 2.07. The quantitative estimate of drug-likeness (QED) is 0.837. The molecule has 20 heavy (non-hydrogen) atoms. The van der Waals surface area contributed by atoms with Gasteiger partial charge in [-0.25, -0.2) is 0 Å². The normalized spacial score (nSPS) is 10.6. The molecule has 2 rings (SSSR count). The van der Waals surface area contributed by atoms with Crippen molar-refractivity contribution >= 4 is 23.4 Å². The molecule has 0 bridgehead atoms. The number of hydrogen-bond donors (Lipinski definition) is 1. The number of anilines is 1. The molecule has 1 amide bonds. The van der Waals surface area contributed by atoms with Gasteiger partial charge in [-0.2, -0.15) is 8.78 Å². The van der Waals surface area contributed by atoms with Crippen molar-refractivity contribution in [1.82, 2.24) is 0 Å². The number of alkyl halides is 2. The number of amides is 1. The molecule has 0 fully saturated rings. The van der Waals surface area contributed by atoms with Crippen LogP contribution in [0.25, 0.3) is 0 Å². The summed E-state index contributed by atoms with van der Waals surface area (Å²) in [6.45, 7) is 1.95. The zero-order valence-electron chi connectivity index (χ0n) is 10.8. The van der Waals surface area contributed by atoms with Gasteiger partial charge in [-0.3, -0.25) is 4.79 Å². The zero-order valence-corrected chi connectivity index (χ0v) is 11.6. The molecule has 2 aromatic rings. The fourth-order valence-electron chi connectivity index (χ4n) is 1.63. The lowest BCUT2D eigenvalue weighted by atomic mass is 10.1. The Kier molecular flexibility index (Phi) is 4.74. The predicted molar refractivity (Wildman–Crippen MR) is 77.4 cm³/mol. The van der Waals surface area contributed by atoms with E-state index >= 15 is 0 Å². The van der Waals surface area contributed by atoms with E-state index in [2.05, 4.69) is 5.32 Å². The minimum absolute atomic E-state index is 0.223. The van der Waals surface area contributed by atoms with E-state index in [0.29, 0.717) is 27.9 Å². The van der Waals surface area contributed by atoms with Crippen molar-refractivity contribution in [2.75, 3.05) is 5.32 Å². The first-order valence-corrected chi connectivity index (χ1v) is 6.85. The van der Waals surface area contributed by atoms with Crippen LogP contribution in [0.5, 0.6) is 0 Å². The van der Waals surface area contributed by atoms with E-state index in [4.69, 9.17) is 0 Å². The van der Waals surface area contributed by atoms with Crippen LogP contribution in [0.4, 0.5) is 14.5 Å². The maximum absolute atomic E-state index is 12.2. The largest absolute Gasteiger partial charge is 0.322 e. The average Bonchev–Trinajstić information content (AvgIpc) is 2.41. The Morgan fingerprint density at radius 3 is 2.20 bits per heavy atom. The summed E-state index contributed by atoms with van der Waals surface area (Å²) in [5.74, 6) is -2.66. The van der Waals surface area contributed by atoms with Crippen LogP contribution in [0, 0.1) is 6.92 Å². The summed E-state index contributed by atoms with van der Waals surface area (Å²) in [4.78, 5) is 12.4. The number of carbonyl (C=O) groups is 1. The number of aryl methyl sites for hydroxylation is 1. The van der Waals surface area contributed by atoms with Gasteiger partial charge in [0.1, 0.15) is 0 Å². The van der Waals surface area contributed by atoms with Gasteiger partial charge in [0.15, 0.2) is 0 Å². The maximum atomic E-state index is 12.2. The number of carbonyl (C=O) groups excluding carboxylic acids is 1. The highest BCUT2D eigenvalue weighted by molar-refractivity contribution is 7.99. The second-order valence-electron chi connectivity index (χ2n) is 4.22. The molecule has 0 atom stereocenters. The molecule has 0 unspecified atom stereocenters. The summed E-state index contributed by atoms with van der Waals surface area (Å²) in [5.41, 5.74) is 2.21. The molecule has 0 aromatic heterocycles. The topological polar surface area (TPSA) is 29.1 Å². The third kappa shape index (κ3) is 4.06. The summed E-state index contributed by atoms with van der Waals surface area (Å²) < 4.78 is 24.4. The van der Waals surface area contributed by atoms with Crippen molar-refractivity contribution in [2.45, 2.75) is 17.6 Å². The molecule has 0 saturated carbocycles. The maximum Gasteiger partial charge on any atom is 0.288 e. The van der Waals surface area contributed by atoms with Gasteiger partial charge in [-0.15, -0.1) is 0 Å². The first-order chi connectivity index (χ1) is 9.54.